The summed E-state index contributed by atoms with van der Waals surface area (Å²) in [5.41, 5.74) is 0.690. The zero-order valence-electron chi connectivity index (χ0n) is 10.5. The molecule has 1 heterocycles. The molecule has 1 aliphatic heterocycles. The van der Waals surface area contributed by atoms with E-state index in [0.29, 0.717) is 35.8 Å². The fourth-order valence-electron chi connectivity index (χ4n) is 2.17. The Hall–Kier alpha value is -1.93. The standard InChI is InChI=1S/C14H15NO4/c15-4-3-14(1-2-14)8-17-11-6-13-12(18-9-19-13)5-10(11)7-16/h5-6,16H,1-3,7-9H2. The van der Waals surface area contributed by atoms with E-state index in [4.69, 9.17) is 19.5 Å². The van der Waals surface area contributed by atoms with Crippen molar-refractivity contribution in [3.8, 4) is 23.3 Å². The SMILES string of the molecule is N#CCC1(COc2cc3c(cc2CO)OCO3)CC1. The largest absolute Gasteiger partial charge is 0.492 e. The van der Waals surface area contributed by atoms with Gasteiger partial charge in [0.2, 0.25) is 6.79 Å². The first-order valence-corrected chi connectivity index (χ1v) is 6.29. The summed E-state index contributed by atoms with van der Waals surface area (Å²) < 4.78 is 16.3. The molecule has 100 valence electrons. The van der Waals surface area contributed by atoms with E-state index in [1.165, 1.54) is 0 Å². The maximum Gasteiger partial charge on any atom is 0.231 e. The van der Waals surface area contributed by atoms with Crippen LogP contribution in [0.1, 0.15) is 24.8 Å². The van der Waals surface area contributed by atoms with Gasteiger partial charge in [-0.15, -0.1) is 0 Å². The van der Waals surface area contributed by atoms with Crippen LogP contribution >= 0.6 is 0 Å². The third kappa shape index (κ3) is 2.32. The van der Waals surface area contributed by atoms with E-state index >= 15 is 0 Å². The smallest absolute Gasteiger partial charge is 0.231 e. The summed E-state index contributed by atoms with van der Waals surface area (Å²) in [6, 6.07) is 5.69. The first kappa shape index (κ1) is 12.1. The molecule has 0 spiro atoms. The number of fused-ring (bicyclic) bond motifs is 1. The van der Waals surface area contributed by atoms with E-state index in [9.17, 15) is 5.11 Å². The fraction of sp³-hybridized carbons (Fsp3) is 0.500. The lowest BCUT2D eigenvalue weighted by atomic mass is 10.1. The molecule has 0 atom stereocenters. The molecule has 1 N–H and O–H groups in total. The third-order valence-corrected chi connectivity index (χ3v) is 3.67. The van der Waals surface area contributed by atoms with E-state index in [1.807, 2.05) is 0 Å². The number of aliphatic hydroxyl groups excluding tert-OH is 1. The minimum atomic E-state index is -0.114. The lowest BCUT2D eigenvalue weighted by Gasteiger charge is -2.15. The third-order valence-electron chi connectivity index (χ3n) is 3.67. The van der Waals surface area contributed by atoms with Crippen molar-refractivity contribution in [2.24, 2.45) is 5.41 Å². The van der Waals surface area contributed by atoms with Crippen LogP contribution in [0.4, 0.5) is 0 Å². The molecule has 5 heteroatoms. The number of nitrogens with zero attached hydrogens (tertiary/aromatic N) is 1. The minimum Gasteiger partial charge on any atom is -0.492 e. The average Bonchev–Trinajstić information content (AvgIpc) is 3.03. The normalized spacial score (nSPS) is 17.9. The lowest BCUT2D eigenvalue weighted by molar-refractivity contribution is 0.173. The predicted molar refractivity (Wildman–Crippen MR) is 65.9 cm³/mol. The number of hydrogen-bond donors (Lipinski definition) is 1. The fourth-order valence-corrected chi connectivity index (χ4v) is 2.17. The van der Waals surface area contributed by atoms with Gasteiger partial charge < -0.3 is 19.3 Å². The van der Waals surface area contributed by atoms with Gasteiger partial charge in [0.1, 0.15) is 5.75 Å². The molecule has 0 radical (unpaired) electrons. The zero-order chi connectivity index (χ0) is 13.3. The van der Waals surface area contributed by atoms with Crippen molar-refractivity contribution < 1.29 is 19.3 Å². The quantitative estimate of drug-likeness (QED) is 0.877. The molecule has 0 saturated heterocycles. The second-order valence-electron chi connectivity index (χ2n) is 5.09. The molecule has 0 bridgehead atoms. The molecular formula is C14H15NO4. The first-order chi connectivity index (χ1) is 9.26. The summed E-state index contributed by atoms with van der Waals surface area (Å²) in [6.45, 7) is 0.590. The van der Waals surface area contributed by atoms with Crippen LogP contribution in [-0.2, 0) is 6.61 Å². The second-order valence-corrected chi connectivity index (χ2v) is 5.09. The number of ether oxygens (including phenoxy) is 3. The number of rotatable bonds is 5. The number of hydrogen-bond acceptors (Lipinski definition) is 5. The lowest BCUT2D eigenvalue weighted by Crippen LogP contribution is -2.13. The summed E-state index contributed by atoms with van der Waals surface area (Å²) in [4.78, 5) is 0. The Morgan fingerprint density at radius 2 is 2.05 bits per heavy atom. The molecule has 19 heavy (non-hydrogen) atoms. The van der Waals surface area contributed by atoms with Crippen molar-refractivity contribution in [3.63, 3.8) is 0 Å². The maximum atomic E-state index is 9.37. The second kappa shape index (κ2) is 4.63. The average molecular weight is 261 g/mol. The van der Waals surface area contributed by atoms with Gasteiger partial charge in [-0.05, 0) is 18.9 Å². The first-order valence-electron chi connectivity index (χ1n) is 6.29. The summed E-state index contributed by atoms with van der Waals surface area (Å²) >= 11 is 0. The summed E-state index contributed by atoms with van der Waals surface area (Å²) in [6.07, 6.45) is 2.57. The number of aliphatic hydroxyl groups is 1. The Morgan fingerprint density at radius 1 is 1.32 bits per heavy atom. The van der Waals surface area contributed by atoms with Crippen LogP contribution in [0.2, 0.25) is 0 Å². The van der Waals surface area contributed by atoms with Gasteiger partial charge in [-0.25, -0.2) is 0 Å². The van der Waals surface area contributed by atoms with Crippen LogP contribution in [0, 0.1) is 16.7 Å². The van der Waals surface area contributed by atoms with Gasteiger partial charge in [0.15, 0.2) is 11.5 Å². The molecule has 0 unspecified atom stereocenters. The van der Waals surface area contributed by atoms with Gasteiger partial charge in [0.25, 0.3) is 0 Å². The van der Waals surface area contributed by atoms with E-state index in [2.05, 4.69) is 6.07 Å². The van der Waals surface area contributed by atoms with Crippen molar-refractivity contribution in [1.29, 1.82) is 5.26 Å². The van der Waals surface area contributed by atoms with Gasteiger partial charge in [-0.3, -0.25) is 0 Å². The van der Waals surface area contributed by atoms with Crippen LogP contribution < -0.4 is 14.2 Å². The molecular weight excluding hydrogens is 246 g/mol. The minimum absolute atomic E-state index is 0.0118. The molecule has 1 aromatic carbocycles. The molecule has 3 rings (SSSR count). The monoisotopic (exact) mass is 261 g/mol. The van der Waals surface area contributed by atoms with E-state index in [-0.39, 0.29) is 18.8 Å². The molecule has 0 amide bonds. The molecule has 1 fully saturated rings. The Morgan fingerprint density at radius 3 is 2.68 bits per heavy atom. The predicted octanol–water partition coefficient (Wildman–Crippen LogP) is 1.98. The molecule has 1 aromatic rings. The van der Waals surface area contributed by atoms with Crippen molar-refractivity contribution in [2.75, 3.05) is 13.4 Å². The topological polar surface area (TPSA) is 71.7 Å². The van der Waals surface area contributed by atoms with E-state index < -0.39 is 0 Å². The molecule has 2 aliphatic rings. The highest BCUT2D eigenvalue weighted by atomic mass is 16.7. The van der Waals surface area contributed by atoms with Crippen LogP contribution in [0.25, 0.3) is 0 Å². The van der Waals surface area contributed by atoms with E-state index in [0.717, 1.165) is 12.8 Å². The van der Waals surface area contributed by atoms with Gasteiger partial charge in [0.05, 0.1) is 19.3 Å². The number of benzene rings is 1. The Labute approximate surface area is 111 Å². The van der Waals surface area contributed by atoms with Crippen LogP contribution in [-0.4, -0.2) is 18.5 Å². The van der Waals surface area contributed by atoms with Crippen molar-refractivity contribution in [2.45, 2.75) is 25.9 Å². The molecule has 0 aromatic heterocycles. The van der Waals surface area contributed by atoms with Crippen molar-refractivity contribution >= 4 is 0 Å². The van der Waals surface area contributed by atoms with Crippen molar-refractivity contribution in [3.05, 3.63) is 17.7 Å². The van der Waals surface area contributed by atoms with E-state index in [1.54, 1.807) is 12.1 Å². The Bertz CT molecular complexity index is 531. The molecule has 1 aliphatic carbocycles. The van der Waals surface area contributed by atoms with Gasteiger partial charge in [-0.2, -0.15) is 5.26 Å². The van der Waals surface area contributed by atoms with Gasteiger partial charge in [0, 0.05) is 23.5 Å². The highest BCUT2D eigenvalue weighted by Gasteiger charge is 2.43. The van der Waals surface area contributed by atoms with Crippen LogP contribution in [0.3, 0.4) is 0 Å². The Balaban J connectivity index is 1.75. The molecule has 5 nitrogen and oxygen atoms in total. The van der Waals surface area contributed by atoms with Crippen LogP contribution in [0.5, 0.6) is 17.2 Å². The highest BCUT2D eigenvalue weighted by Crippen LogP contribution is 2.49. The van der Waals surface area contributed by atoms with Crippen molar-refractivity contribution in [1.82, 2.24) is 0 Å². The summed E-state index contributed by atoms with van der Waals surface area (Å²) in [7, 11) is 0. The highest BCUT2D eigenvalue weighted by molar-refractivity contribution is 5.51. The maximum absolute atomic E-state index is 9.37. The zero-order valence-corrected chi connectivity index (χ0v) is 10.5. The van der Waals surface area contributed by atoms with Gasteiger partial charge >= 0.3 is 0 Å². The summed E-state index contributed by atoms with van der Waals surface area (Å²) in [5, 5.41) is 18.2. The number of nitriles is 1. The summed E-state index contributed by atoms with van der Waals surface area (Å²) in [5.74, 6) is 1.88. The van der Waals surface area contributed by atoms with Gasteiger partial charge in [-0.1, -0.05) is 0 Å². The Kier molecular flexibility index (Phi) is 2.96. The molecule has 1 saturated carbocycles. The van der Waals surface area contributed by atoms with Crippen LogP contribution in [0.15, 0.2) is 12.1 Å².